The van der Waals surface area contributed by atoms with Crippen LogP contribution in [0.15, 0.2) is 36.4 Å². The van der Waals surface area contributed by atoms with E-state index in [1.165, 1.54) is 11.3 Å². The minimum absolute atomic E-state index is 0.0497. The van der Waals surface area contributed by atoms with Gasteiger partial charge in [0.15, 0.2) is 0 Å². The summed E-state index contributed by atoms with van der Waals surface area (Å²) >= 11 is 1.43. The molecule has 0 saturated carbocycles. The smallest absolute Gasteiger partial charge is 0.256 e. The highest BCUT2D eigenvalue weighted by Crippen LogP contribution is 2.26. The van der Waals surface area contributed by atoms with Crippen LogP contribution >= 0.6 is 11.3 Å². The molecule has 7 heteroatoms. The standard InChI is InChI=1S/C20H22N2O4S/c1-12(2)26-15-5-6-16(13(8-15)11-25-3)20(24)21-14-4-7-18-17(9-14)22-19(10-23)27-18/h4-9,12,23H,10-11H2,1-3H3,(H,21,24). The Balaban J connectivity index is 1.84. The van der Waals surface area contributed by atoms with Crippen LogP contribution in [0.3, 0.4) is 0 Å². The van der Waals surface area contributed by atoms with E-state index in [2.05, 4.69) is 10.3 Å². The molecule has 6 nitrogen and oxygen atoms in total. The summed E-state index contributed by atoms with van der Waals surface area (Å²) in [6, 6.07) is 10.9. The highest BCUT2D eigenvalue weighted by Gasteiger charge is 2.14. The number of rotatable bonds is 7. The van der Waals surface area contributed by atoms with Crippen molar-refractivity contribution in [2.75, 3.05) is 12.4 Å². The molecule has 0 radical (unpaired) electrons. The summed E-state index contributed by atoms with van der Waals surface area (Å²) < 4.78 is 11.9. The van der Waals surface area contributed by atoms with Crippen LogP contribution in [0.2, 0.25) is 0 Å². The molecule has 0 atom stereocenters. The number of aromatic nitrogens is 1. The average Bonchev–Trinajstić information content (AvgIpc) is 3.04. The molecule has 0 unspecified atom stereocenters. The number of methoxy groups -OCH3 is 1. The van der Waals surface area contributed by atoms with Gasteiger partial charge in [-0.3, -0.25) is 4.79 Å². The first-order valence-electron chi connectivity index (χ1n) is 8.60. The topological polar surface area (TPSA) is 80.7 Å². The van der Waals surface area contributed by atoms with E-state index in [4.69, 9.17) is 9.47 Å². The maximum absolute atomic E-state index is 12.8. The third-order valence-electron chi connectivity index (χ3n) is 3.82. The van der Waals surface area contributed by atoms with Gasteiger partial charge in [-0.25, -0.2) is 4.98 Å². The van der Waals surface area contributed by atoms with Gasteiger partial charge < -0.3 is 19.9 Å². The number of benzene rings is 2. The predicted molar refractivity (Wildman–Crippen MR) is 106 cm³/mol. The van der Waals surface area contributed by atoms with Crippen molar-refractivity contribution in [2.45, 2.75) is 33.2 Å². The molecule has 3 rings (SSSR count). The monoisotopic (exact) mass is 386 g/mol. The van der Waals surface area contributed by atoms with Gasteiger partial charge in [-0.2, -0.15) is 0 Å². The summed E-state index contributed by atoms with van der Waals surface area (Å²) in [5.41, 5.74) is 2.68. The Morgan fingerprint density at radius 2 is 2.07 bits per heavy atom. The van der Waals surface area contributed by atoms with E-state index in [1.54, 1.807) is 25.3 Å². The Labute approximate surface area is 161 Å². The fourth-order valence-electron chi connectivity index (χ4n) is 2.73. The van der Waals surface area contributed by atoms with Crippen LogP contribution in [0, 0.1) is 0 Å². The maximum atomic E-state index is 12.8. The van der Waals surface area contributed by atoms with Gasteiger partial charge in [0.2, 0.25) is 0 Å². The summed E-state index contributed by atoms with van der Waals surface area (Å²) in [7, 11) is 1.59. The normalized spacial score (nSPS) is 11.1. The van der Waals surface area contributed by atoms with Crippen LogP contribution in [0.25, 0.3) is 10.2 Å². The SMILES string of the molecule is COCc1cc(OC(C)C)ccc1C(=O)Nc1ccc2sc(CO)nc2c1. The quantitative estimate of drug-likeness (QED) is 0.642. The Morgan fingerprint density at radius 1 is 1.26 bits per heavy atom. The predicted octanol–water partition coefficient (Wildman–Crippen LogP) is 3.97. The highest BCUT2D eigenvalue weighted by atomic mass is 32.1. The number of nitrogens with one attached hydrogen (secondary N) is 1. The van der Waals surface area contributed by atoms with Gasteiger partial charge in [-0.15, -0.1) is 11.3 Å². The Morgan fingerprint density at radius 3 is 2.78 bits per heavy atom. The van der Waals surface area contributed by atoms with Crippen molar-refractivity contribution >= 4 is 33.1 Å². The van der Waals surface area contributed by atoms with Gasteiger partial charge in [-0.05, 0) is 55.8 Å². The number of anilines is 1. The van der Waals surface area contributed by atoms with Gasteiger partial charge in [0, 0.05) is 18.4 Å². The molecule has 0 aliphatic rings. The molecule has 1 aromatic heterocycles. The molecule has 0 aliphatic carbocycles. The lowest BCUT2D eigenvalue weighted by Gasteiger charge is -2.14. The number of thiazole rings is 1. The molecule has 0 saturated heterocycles. The summed E-state index contributed by atoms with van der Waals surface area (Å²) in [6.07, 6.45) is 0.0497. The molecule has 27 heavy (non-hydrogen) atoms. The summed E-state index contributed by atoms with van der Waals surface area (Å²) in [6.45, 7) is 4.12. The Hall–Kier alpha value is -2.48. The second kappa shape index (κ2) is 8.47. The molecule has 1 amide bonds. The molecule has 0 spiro atoms. The summed E-state index contributed by atoms with van der Waals surface area (Å²) in [5.74, 6) is 0.476. The average molecular weight is 386 g/mol. The van der Waals surface area contributed by atoms with Crippen LogP contribution in [0.4, 0.5) is 5.69 Å². The van der Waals surface area contributed by atoms with Crippen LogP contribution in [-0.4, -0.2) is 29.2 Å². The maximum Gasteiger partial charge on any atom is 0.256 e. The number of nitrogens with zero attached hydrogens (tertiary/aromatic N) is 1. The third-order valence-corrected chi connectivity index (χ3v) is 4.84. The molecule has 142 valence electrons. The Kier molecular flexibility index (Phi) is 6.05. The number of aliphatic hydroxyl groups excluding tert-OH is 1. The van der Waals surface area contributed by atoms with Crippen LogP contribution in [0.5, 0.6) is 5.75 Å². The van der Waals surface area contributed by atoms with Crippen molar-refractivity contribution in [2.24, 2.45) is 0 Å². The van der Waals surface area contributed by atoms with Crippen molar-refractivity contribution in [1.29, 1.82) is 0 Å². The number of hydrogen-bond donors (Lipinski definition) is 2. The molecular formula is C20H22N2O4S. The van der Waals surface area contributed by atoms with Gasteiger partial charge in [0.05, 0.1) is 29.5 Å². The van der Waals surface area contributed by atoms with Crippen LogP contribution in [0.1, 0.15) is 34.8 Å². The highest BCUT2D eigenvalue weighted by molar-refractivity contribution is 7.18. The molecule has 2 N–H and O–H groups in total. The van der Waals surface area contributed by atoms with E-state index in [9.17, 15) is 9.90 Å². The van der Waals surface area contributed by atoms with E-state index < -0.39 is 0 Å². The molecule has 0 fully saturated rings. The zero-order chi connectivity index (χ0) is 19.4. The fraction of sp³-hybridized carbons (Fsp3) is 0.300. The molecule has 3 aromatic rings. The van der Waals surface area contributed by atoms with Crippen LogP contribution < -0.4 is 10.1 Å². The van der Waals surface area contributed by atoms with Crippen LogP contribution in [-0.2, 0) is 18.0 Å². The number of amides is 1. The zero-order valence-electron chi connectivity index (χ0n) is 15.5. The second-order valence-corrected chi connectivity index (χ2v) is 7.44. The lowest BCUT2D eigenvalue weighted by Crippen LogP contribution is -2.15. The van der Waals surface area contributed by atoms with E-state index in [0.717, 1.165) is 15.8 Å². The van der Waals surface area contributed by atoms with Crippen molar-refractivity contribution in [3.8, 4) is 5.75 Å². The van der Waals surface area contributed by atoms with Crippen molar-refractivity contribution < 1.29 is 19.4 Å². The van der Waals surface area contributed by atoms with E-state index in [0.29, 0.717) is 28.6 Å². The number of carbonyl (C=O) groups is 1. The van der Waals surface area contributed by atoms with Crippen molar-refractivity contribution in [1.82, 2.24) is 4.98 Å². The summed E-state index contributed by atoms with van der Waals surface area (Å²) in [5, 5.41) is 12.8. The lowest BCUT2D eigenvalue weighted by atomic mass is 10.1. The number of carbonyl (C=O) groups excluding carboxylic acids is 1. The fourth-order valence-corrected chi connectivity index (χ4v) is 3.54. The van der Waals surface area contributed by atoms with Gasteiger partial charge in [-0.1, -0.05) is 0 Å². The van der Waals surface area contributed by atoms with E-state index >= 15 is 0 Å². The van der Waals surface area contributed by atoms with Gasteiger partial charge in [0.25, 0.3) is 5.91 Å². The van der Waals surface area contributed by atoms with E-state index in [-0.39, 0.29) is 18.6 Å². The van der Waals surface area contributed by atoms with Gasteiger partial charge >= 0.3 is 0 Å². The number of aliphatic hydroxyl groups is 1. The van der Waals surface area contributed by atoms with Gasteiger partial charge in [0.1, 0.15) is 10.8 Å². The molecule has 0 bridgehead atoms. The first-order valence-corrected chi connectivity index (χ1v) is 9.42. The minimum Gasteiger partial charge on any atom is -0.491 e. The first kappa shape index (κ1) is 19.3. The molecule has 2 aromatic carbocycles. The largest absolute Gasteiger partial charge is 0.491 e. The minimum atomic E-state index is -0.227. The second-order valence-electron chi connectivity index (χ2n) is 6.32. The van der Waals surface area contributed by atoms with E-state index in [1.807, 2.05) is 32.0 Å². The van der Waals surface area contributed by atoms with Crippen molar-refractivity contribution in [3.63, 3.8) is 0 Å². The Bertz CT molecular complexity index is 952. The first-order chi connectivity index (χ1) is 13.0. The lowest BCUT2D eigenvalue weighted by molar-refractivity contribution is 0.102. The summed E-state index contributed by atoms with van der Waals surface area (Å²) in [4.78, 5) is 17.1. The molecule has 0 aliphatic heterocycles. The zero-order valence-corrected chi connectivity index (χ0v) is 16.3. The number of hydrogen-bond acceptors (Lipinski definition) is 6. The number of ether oxygens (including phenoxy) is 2. The molecule has 1 heterocycles. The van der Waals surface area contributed by atoms with Crippen molar-refractivity contribution in [3.05, 3.63) is 52.5 Å². The third kappa shape index (κ3) is 4.63. The number of fused-ring (bicyclic) bond motifs is 1. The molecular weight excluding hydrogens is 364 g/mol.